The topological polar surface area (TPSA) is 65.1 Å². The van der Waals surface area contributed by atoms with Gasteiger partial charge in [0, 0.05) is 11.9 Å². The van der Waals surface area contributed by atoms with Gasteiger partial charge in [-0.1, -0.05) is 18.2 Å². The Hall–Kier alpha value is -2.67. The molecule has 7 heteroatoms. The third kappa shape index (κ3) is 2.67. The Bertz CT molecular complexity index is 1090. The summed E-state index contributed by atoms with van der Waals surface area (Å²) in [5.41, 5.74) is 3.23. The molecule has 6 nitrogen and oxygen atoms in total. The maximum Gasteiger partial charge on any atom is 0.350 e. The number of fused-ring (bicyclic) bond motifs is 2. The Morgan fingerprint density at radius 3 is 2.58 bits per heavy atom. The predicted octanol–water partition coefficient (Wildman–Crippen LogP) is 2.54. The smallest absolute Gasteiger partial charge is 0.250 e. The van der Waals surface area contributed by atoms with Crippen molar-refractivity contribution in [2.24, 2.45) is 0 Å². The number of benzene rings is 1. The molecule has 0 aliphatic carbocycles. The number of pyridine rings is 1. The number of nitrogens with zero attached hydrogens (tertiary/aromatic N) is 5. The zero-order chi connectivity index (χ0) is 16.5. The number of hydrogen-bond acceptors (Lipinski definition) is 5. The van der Waals surface area contributed by atoms with Crippen molar-refractivity contribution in [2.75, 3.05) is 5.75 Å². The van der Waals surface area contributed by atoms with Crippen LogP contribution in [0.2, 0.25) is 0 Å². The fourth-order valence-electron chi connectivity index (χ4n) is 2.55. The summed E-state index contributed by atoms with van der Waals surface area (Å²) in [5, 5.41) is 5.23. The van der Waals surface area contributed by atoms with E-state index in [0.29, 0.717) is 17.9 Å². The summed E-state index contributed by atoms with van der Waals surface area (Å²) in [5.74, 6) is 0.706. The fourth-order valence-corrected chi connectivity index (χ4v) is 3.43. The highest BCUT2D eigenvalue weighted by atomic mass is 32.2. The third-order valence-electron chi connectivity index (χ3n) is 3.73. The van der Waals surface area contributed by atoms with E-state index < -0.39 is 0 Å². The molecule has 0 fully saturated rings. The molecular weight excluding hydrogens is 322 g/mol. The first-order valence-electron chi connectivity index (χ1n) is 7.63. The van der Waals surface area contributed by atoms with Crippen LogP contribution in [0.5, 0.6) is 0 Å². The summed E-state index contributed by atoms with van der Waals surface area (Å²) < 4.78 is 3.04. The van der Waals surface area contributed by atoms with Gasteiger partial charge in [-0.05, 0) is 31.2 Å². The van der Waals surface area contributed by atoms with Crippen LogP contribution in [0.25, 0.3) is 16.7 Å². The van der Waals surface area contributed by atoms with Crippen LogP contribution in [0.4, 0.5) is 0 Å². The van der Waals surface area contributed by atoms with Gasteiger partial charge in [0.25, 0.3) is 0 Å². The lowest BCUT2D eigenvalue weighted by Crippen LogP contribution is -2.22. The quantitative estimate of drug-likeness (QED) is 0.536. The van der Waals surface area contributed by atoms with Gasteiger partial charge in [0.05, 0.1) is 23.3 Å². The predicted molar refractivity (Wildman–Crippen MR) is 94.5 cm³/mol. The molecule has 0 amide bonds. The van der Waals surface area contributed by atoms with E-state index in [1.807, 2.05) is 49.4 Å². The maximum atomic E-state index is 12.2. The van der Waals surface area contributed by atoms with E-state index in [2.05, 4.69) is 15.1 Å². The zero-order valence-corrected chi connectivity index (χ0v) is 13.9. The summed E-state index contributed by atoms with van der Waals surface area (Å²) in [6.07, 6.45) is 1.73. The molecule has 0 unspecified atom stereocenters. The fraction of sp³-hybridized carbons (Fsp3) is 0.176. The van der Waals surface area contributed by atoms with Gasteiger partial charge in [0.1, 0.15) is 5.03 Å². The van der Waals surface area contributed by atoms with Crippen LogP contribution >= 0.6 is 11.8 Å². The van der Waals surface area contributed by atoms with E-state index in [9.17, 15) is 4.79 Å². The molecule has 0 spiro atoms. The highest BCUT2D eigenvalue weighted by molar-refractivity contribution is 7.99. The monoisotopic (exact) mass is 337 g/mol. The molecule has 0 saturated heterocycles. The maximum absolute atomic E-state index is 12.2. The minimum absolute atomic E-state index is 0.118. The minimum atomic E-state index is -0.118. The largest absolute Gasteiger partial charge is 0.350 e. The number of aromatic nitrogens is 5. The van der Waals surface area contributed by atoms with Crippen molar-refractivity contribution in [2.45, 2.75) is 18.5 Å². The van der Waals surface area contributed by atoms with Crippen LogP contribution in [0.15, 0.2) is 58.5 Å². The number of rotatable bonds is 4. The molecule has 0 bridgehead atoms. The van der Waals surface area contributed by atoms with Gasteiger partial charge in [-0.2, -0.15) is 0 Å². The molecule has 0 radical (unpaired) electrons. The van der Waals surface area contributed by atoms with Crippen molar-refractivity contribution < 1.29 is 0 Å². The van der Waals surface area contributed by atoms with Gasteiger partial charge in [0.15, 0.2) is 5.65 Å². The lowest BCUT2D eigenvalue weighted by Gasteiger charge is -2.06. The molecule has 0 atom stereocenters. The SMILES string of the molecule is Cc1nc2ccccc2nc1SCCn1nc2ccccn2c1=O. The lowest BCUT2D eigenvalue weighted by atomic mass is 10.3. The zero-order valence-electron chi connectivity index (χ0n) is 13.1. The van der Waals surface area contributed by atoms with Crippen LogP contribution < -0.4 is 5.69 Å². The molecule has 4 rings (SSSR count). The van der Waals surface area contributed by atoms with Gasteiger partial charge in [0.2, 0.25) is 0 Å². The molecule has 3 aromatic heterocycles. The van der Waals surface area contributed by atoms with Crippen LogP contribution in [0.1, 0.15) is 5.69 Å². The van der Waals surface area contributed by atoms with Gasteiger partial charge in [-0.15, -0.1) is 16.9 Å². The van der Waals surface area contributed by atoms with E-state index in [1.165, 1.54) is 4.68 Å². The van der Waals surface area contributed by atoms with E-state index in [4.69, 9.17) is 0 Å². The van der Waals surface area contributed by atoms with Gasteiger partial charge in [-0.3, -0.25) is 4.40 Å². The van der Waals surface area contributed by atoms with Crippen molar-refractivity contribution >= 4 is 28.4 Å². The third-order valence-corrected chi connectivity index (χ3v) is 4.78. The molecule has 1 aromatic carbocycles. The Morgan fingerprint density at radius 1 is 1.04 bits per heavy atom. The minimum Gasteiger partial charge on any atom is -0.250 e. The Kier molecular flexibility index (Phi) is 3.78. The number of hydrogen-bond donors (Lipinski definition) is 0. The molecule has 120 valence electrons. The van der Waals surface area contributed by atoms with Crippen molar-refractivity contribution in [1.82, 2.24) is 24.1 Å². The normalized spacial score (nSPS) is 11.4. The molecule has 3 heterocycles. The highest BCUT2D eigenvalue weighted by Gasteiger charge is 2.08. The summed E-state index contributed by atoms with van der Waals surface area (Å²) >= 11 is 1.59. The highest BCUT2D eigenvalue weighted by Crippen LogP contribution is 2.21. The van der Waals surface area contributed by atoms with Crippen LogP contribution in [-0.2, 0) is 6.54 Å². The van der Waals surface area contributed by atoms with E-state index in [-0.39, 0.29) is 5.69 Å². The first kappa shape index (κ1) is 14.9. The average Bonchev–Trinajstić information content (AvgIpc) is 2.92. The first-order valence-corrected chi connectivity index (χ1v) is 8.61. The second kappa shape index (κ2) is 6.09. The Labute approximate surface area is 142 Å². The van der Waals surface area contributed by atoms with Gasteiger partial charge in [-0.25, -0.2) is 19.4 Å². The summed E-state index contributed by atoms with van der Waals surface area (Å²) in [6.45, 7) is 2.48. The van der Waals surface area contributed by atoms with E-state index in [1.54, 1.807) is 22.4 Å². The molecule has 24 heavy (non-hydrogen) atoms. The summed E-state index contributed by atoms with van der Waals surface area (Å²) in [7, 11) is 0. The standard InChI is InChI=1S/C17H15N5OS/c1-12-16(19-14-7-3-2-6-13(14)18-12)24-11-10-22-17(23)21-9-5-4-8-15(21)20-22/h2-9H,10-11H2,1H3. The lowest BCUT2D eigenvalue weighted by molar-refractivity contribution is 0.639. The summed E-state index contributed by atoms with van der Waals surface area (Å²) in [6, 6.07) is 13.3. The molecule has 0 aliphatic heterocycles. The second-order valence-corrected chi connectivity index (χ2v) is 6.47. The van der Waals surface area contributed by atoms with Crippen molar-refractivity contribution in [3.8, 4) is 0 Å². The average molecular weight is 337 g/mol. The van der Waals surface area contributed by atoms with Gasteiger partial charge >= 0.3 is 5.69 Å². The van der Waals surface area contributed by atoms with E-state index in [0.717, 1.165) is 21.8 Å². The molecule has 4 aromatic rings. The molecule has 0 saturated carbocycles. The number of para-hydroxylation sites is 2. The Balaban J connectivity index is 1.53. The molecule has 0 N–H and O–H groups in total. The molecular formula is C17H15N5OS. The number of aryl methyl sites for hydroxylation is 2. The van der Waals surface area contributed by atoms with Crippen LogP contribution in [0, 0.1) is 6.92 Å². The van der Waals surface area contributed by atoms with Crippen molar-refractivity contribution in [3.05, 3.63) is 64.8 Å². The van der Waals surface area contributed by atoms with Crippen molar-refractivity contribution in [3.63, 3.8) is 0 Å². The Morgan fingerprint density at radius 2 is 1.79 bits per heavy atom. The molecule has 0 aliphatic rings. The van der Waals surface area contributed by atoms with Crippen LogP contribution in [-0.4, -0.2) is 29.9 Å². The van der Waals surface area contributed by atoms with Crippen molar-refractivity contribution in [1.29, 1.82) is 0 Å². The van der Waals surface area contributed by atoms with E-state index >= 15 is 0 Å². The van der Waals surface area contributed by atoms with Gasteiger partial charge < -0.3 is 0 Å². The first-order chi connectivity index (χ1) is 11.7. The summed E-state index contributed by atoms with van der Waals surface area (Å²) in [4.78, 5) is 21.5. The second-order valence-electron chi connectivity index (χ2n) is 5.39. The number of thioether (sulfide) groups is 1. The van der Waals surface area contributed by atoms with Crippen LogP contribution in [0.3, 0.4) is 0 Å².